The lowest BCUT2D eigenvalue weighted by Crippen LogP contribution is -2.64. The first-order chi connectivity index (χ1) is 13.4. The third kappa shape index (κ3) is 4.88. The largest absolute Gasteiger partial charge is 0.366 e. The molecule has 2 saturated heterocycles. The number of hydrogen-bond donors (Lipinski definition) is 5. The van der Waals surface area contributed by atoms with Crippen molar-refractivity contribution in [3.05, 3.63) is 17.4 Å². The molecule has 3 heterocycles. The van der Waals surface area contributed by atoms with Gasteiger partial charge in [-0.1, -0.05) is 11.6 Å². The van der Waals surface area contributed by atoms with Crippen LogP contribution in [0, 0.1) is 5.92 Å². The van der Waals surface area contributed by atoms with Crippen molar-refractivity contribution < 1.29 is 9.18 Å². The van der Waals surface area contributed by atoms with Crippen molar-refractivity contribution in [3.63, 3.8) is 0 Å². The van der Waals surface area contributed by atoms with Gasteiger partial charge >= 0.3 is 0 Å². The summed E-state index contributed by atoms with van der Waals surface area (Å²) in [5.41, 5.74) is 13.0. The molecule has 9 nitrogen and oxygen atoms in total. The van der Waals surface area contributed by atoms with Crippen LogP contribution in [0.5, 0.6) is 0 Å². The van der Waals surface area contributed by atoms with Gasteiger partial charge in [0.25, 0.3) is 0 Å². The Bertz CT molecular complexity index is 677. The number of piperazine rings is 1. The van der Waals surface area contributed by atoms with Crippen LogP contribution in [-0.2, 0) is 4.79 Å². The van der Waals surface area contributed by atoms with Crippen molar-refractivity contribution in [1.29, 1.82) is 0 Å². The molecule has 0 aromatic carbocycles. The van der Waals surface area contributed by atoms with Gasteiger partial charge in [0.1, 0.15) is 6.17 Å². The molecule has 28 heavy (non-hydrogen) atoms. The zero-order valence-electron chi connectivity index (χ0n) is 15.9. The molecule has 0 saturated carbocycles. The molecule has 1 unspecified atom stereocenters. The standard InChI is InChI=1S/C17H28ClFN8O/c1-26-2-4-27(5-3-26)14-11(18)8-22-9-12(14)25-17(28)13(15(20)21)16-23-6-10(19)7-24-16/h8-10,13,15-16,23-24H,2-7,20-21H2,1H3,(H,25,28). The van der Waals surface area contributed by atoms with E-state index in [4.69, 9.17) is 23.1 Å². The van der Waals surface area contributed by atoms with Crippen LogP contribution < -0.4 is 32.3 Å². The summed E-state index contributed by atoms with van der Waals surface area (Å²) in [7, 11) is 2.06. The average molecular weight is 415 g/mol. The number of nitrogens with one attached hydrogen (secondary N) is 3. The van der Waals surface area contributed by atoms with Crippen LogP contribution in [0.4, 0.5) is 15.8 Å². The maximum atomic E-state index is 13.4. The highest BCUT2D eigenvalue weighted by Crippen LogP contribution is 2.34. The summed E-state index contributed by atoms with van der Waals surface area (Å²) in [6.07, 6.45) is 0.653. The van der Waals surface area contributed by atoms with Crippen LogP contribution in [0.3, 0.4) is 0 Å². The number of amides is 1. The van der Waals surface area contributed by atoms with Crippen molar-refractivity contribution in [2.75, 3.05) is 56.5 Å². The summed E-state index contributed by atoms with van der Waals surface area (Å²) >= 11 is 6.40. The maximum Gasteiger partial charge on any atom is 0.233 e. The van der Waals surface area contributed by atoms with Gasteiger partial charge in [-0.05, 0) is 7.05 Å². The zero-order valence-corrected chi connectivity index (χ0v) is 16.6. The van der Waals surface area contributed by atoms with E-state index >= 15 is 0 Å². The number of alkyl halides is 1. The smallest absolute Gasteiger partial charge is 0.233 e. The number of likely N-dealkylation sites (N-methyl/N-ethyl adjacent to an activating group) is 1. The Morgan fingerprint density at radius 1 is 1.29 bits per heavy atom. The van der Waals surface area contributed by atoms with E-state index in [0.29, 0.717) is 10.7 Å². The second kappa shape index (κ2) is 9.29. The molecule has 1 aromatic heterocycles. The summed E-state index contributed by atoms with van der Waals surface area (Å²) in [4.78, 5) is 21.5. The fourth-order valence-corrected chi connectivity index (χ4v) is 3.82. The van der Waals surface area contributed by atoms with Crippen LogP contribution in [0.25, 0.3) is 0 Å². The third-order valence-corrected chi connectivity index (χ3v) is 5.42. The summed E-state index contributed by atoms with van der Waals surface area (Å²) in [6, 6.07) is 0. The van der Waals surface area contributed by atoms with E-state index in [0.717, 1.165) is 31.9 Å². The Kier molecular flexibility index (Phi) is 7.02. The Hall–Kier alpha value is -1.56. The number of halogens is 2. The van der Waals surface area contributed by atoms with Gasteiger partial charge in [-0.2, -0.15) is 0 Å². The van der Waals surface area contributed by atoms with Gasteiger partial charge in [-0.15, -0.1) is 0 Å². The lowest BCUT2D eigenvalue weighted by molar-refractivity contribution is -0.122. The average Bonchev–Trinajstić information content (AvgIpc) is 2.64. The van der Waals surface area contributed by atoms with Crippen LogP contribution in [0.2, 0.25) is 5.02 Å². The van der Waals surface area contributed by atoms with Crippen molar-refractivity contribution in [2.45, 2.75) is 18.5 Å². The Labute approximate surface area is 168 Å². The number of rotatable bonds is 5. The molecule has 2 aliphatic heterocycles. The van der Waals surface area contributed by atoms with Crippen molar-refractivity contribution in [3.8, 4) is 0 Å². The van der Waals surface area contributed by atoms with Crippen LogP contribution in [-0.4, -0.2) is 80.6 Å². The fourth-order valence-electron chi connectivity index (χ4n) is 3.54. The van der Waals surface area contributed by atoms with E-state index in [1.807, 2.05) is 0 Å². The first-order valence-electron chi connectivity index (χ1n) is 9.36. The minimum atomic E-state index is -1.02. The maximum absolute atomic E-state index is 13.4. The fraction of sp³-hybridized carbons (Fsp3) is 0.647. The minimum Gasteiger partial charge on any atom is -0.366 e. The van der Waals surface area contributed by atoms with Gasteiger partial charge in [0.05, 0.1) is 40.8 Å². The van der Waals surface area contributed by atoms with Gasteiger partial charge in [-0.25, -0.2) is 4.39 Å². The lowest BCUT2D eigenvalue weighted by atomic mass is 9.99. The molecule has 3 rings (SSSR count). The first-order valence-corrected chi connectivity index (χ1v) is 9.74. The molecule has 1 atom stereocenters. The van der Waals surface area contributed by atoms with Gasteiger partial charge in [0, 0.05) is 45.5 Å². The summed E-state index contributed by atoms with van der Waals surface area (Å²) in [6.45, 7) is 3.63. The van der Waals surface area contributed by atoms with E-state index in [1.165, 1.54) is 0 Å². The number of carbonyl (C=O) groups excluding carboxylic acids is 1. The molecule has 0 spiro atoms. The van der Waals surface area contributed by atoms with Crippen molar-refractivity contribution in [2.24, 2.45) is 17.4 Å². The monoisotopic (exact) mass is 414 g/mol. The number of pyridine rings is 1. The normalized spacial score (nSPS) is 25.0. The SMILES string of the molecule is CN1CCN(c2c(Cl)cncc2NC(=O)C(C(N)N)C2NCC(F)CN2)CC1. The highest BCUT2D eigenvalue weighted by atomic mass is 35.5. The molecule has 2 aliphatic rings. The minimum absolute atomic E-state index is 0.138. The Morgan fingerprint density at radius 3 is 2.54 bits per heavy atom. The Balaban J connectivity index is 1.78. The molecule has 0 radical (unpaired) electrons. The third-order valence-electron chi connectivity index (χ3n) is 5.15. The first kappa shape index (κ1) is 21.2. The molecule has 1 amide bonds. The Morgan fingerprint density at radius 2 is 1.93 bits per heavy atom. The van der Waals surface area contributed by atoms with Crippen LogP contribution in [0.1, 0.15) is 0 Å². The molecular formula is C17H28ClFN8O. The summed E-state index contributed by atoms with van der Waals surface area (Å²) < 4.78 is 13.4. The van der Waals surface area contributed by atoms with E-state index < -0.39 is 24.4 Å². The number of aromatic nitrogens is 1. The summed E-state index contributed by atoms with van der Waals surface area (Å²) in [5, 5.41) is 9.23. The van der Waals surface area contributed by atoms with E-state index in [9.17, 15) is 9.18 Å². The van der Waals surface area contributed by atoms with Gasteiger partial charge < -0.3 is 26.6 Å². The molecular weight excluding hydrogens is 387 g/mol. The van der Waals surface area contributed by atoms with Crippen LogP contribution >= 0.6 is 11.6 Å². The van der Waals surface area contributed by atoms with Crippen LogP contribution in [0.15, 0.2) is 12.4 Å². The van der Waals surface area contributed by atoms with Gasteiger partial charge in [0.2, 0.25) is 5.91 Å². The lowest BCUT2D eigenvalue weighted by Gasteiger charge is -2.36. The van der Waals surface area contributed by atoms with Gasteiger partial charge in [0.15, 0.2) is 0 Å². The number of hydrogen-bond acceptors (Lipinski definition) is 8. The second-order valence-electron chi connectivity index (χ2n) is 7.29. The molecule has 11 heteroatoms. The van der Waals surface area contributed by atoms with E-state index in [1.54, 1.807) is 12.4 Å². The van der Waals surface area contributed by atoms with E-state index in [-0.39, 0.29) is 19.0 Å². The molecule has 1 aromatic rings. The predicted octanol–water partition coefficient (Wildman–Crippen LogP) is -0.858. The highest BCUT2D eigenvalue weighted by molar-refractivity contribution is 6.34. The van der Waals surface area contributed by atoms with E-state index in [2.05, 4.69) is 37.8 Å². The molecule has 2 fully saturated rings. The molecule has 156 valence electrons. The van der Waals surface area contributed by atoms with Gasteiger partial charge in [-0.3, -0.25) is 20.4 Å². The summed E-state index contributed by atoms with van der Waals surface area (Å²) in [5.74, 6) is -1.18. The zero-order chi connectivity index (χ0) is 20.3. The quantitative estimate of drug-likeness (QED) is 0.394. The number of nitrogens with zero attached hydrogens (tertiary/aromatic N) is 3. The second-order valence-corrected chi connectivity index (χ2v) is 7.70. The highest BCUT2D eigenvalue weighted by Gasteiger charge is 2.35. The van der Waals surface area contributed by atoms with Crippen molar-refractivity contribution >= 4 is 28.9 Å². The molecule has 0 bridgehead atoms. The van der Waals surface area contributed by atoms with Crippen molar-refractivity contribution in [1.82, 2.24) is 20.5 Å². The number of nitrogens with two attached hydrogens (primary N) is 2. The topological polar surface area (TPSA) is 125 Å². The molecule has 0 aliphatic carbocycles. The molecule has 7 N–H and O–H groups in total. The number of anilines is 2. The predicted molar refractivity (Wildman–Crippen MR) is 108 cm³/mol. The number of carbonyl (C=O) groups is 1.